The van der Waals surface area contributed by atoms with Gasteiger partial charge in [0.2, 0.25) is 0 Å². The standard InChI is InChI=1S/C21H25.C18H25.C7H5F.Zr/c1-20(2,3)16-7-9-18-14(12-16)11-15-13-17(21(4,5)6)8-10-19(15)18;1-12-3-13(2)17(4-12)11-18-8-14-5-15(9-18)7-16(6-14)10-18;1-6-2-4-7(8)5-3-6;/h7-10,12H,11H2,1-6H3;4,12,14-16H,5-11H2,1-2H3;1-5H;/q2*-1;;+2. The summed E-state index contributed by atoms with van der Waals surface area (Å²) in [7, 11) is 0. The molecular formula is C46H55FZr. The summed E-state index contributed by atoms with van der Waals surface area (Å²) < 4.78 is 14.2. The van der Waals surface area contributed by atoms with Gasteiger partial charge in [0.25, 0.3) is 0 Å². The molecule has 0 radical (unpaired) electrons. The van der Waals surface area contributed by atoms with Gasteiger partial charge >= 0.3 is 68.0 Å². The second-order valence-corrected chi connectivity index (χ2v) is 18.6. The number of halogens is 1. The van der Waals surface area contributed by atoms with Gasteiger partial charge in [-0.25, -0.2) is 5.57 Å². The minimum absolute atomic E-state index is 0.167. The van der Waals surface area contributed by atoms with Crippen LogP contribution in [-0.4, -0.2) is 3.71 Å². The first-order chi connectivity index (χ1) is 22.6. The van der Waals surface area contributed by atoms with Gasteiger partial charge in [-0.3, -0.25) is 6.08 Å². The topological polar surface area (TPSA) is 0 Å². The van der Waals surface area contributed by atoms with Gasteiger partial charge in [0.05, 0.1) is 0 Å². The zero-order chi connectivity index (χ0) is 34.4. The van der Waals surface area contributed by atoms with E-state index in [2.05, 4.69) is 104 Å². The van der Waals surface area contributed by atoms with Gasteiger partial charge in [0.15, 0.2) is 0 Å². The van der Waals surface area contributed by atoms with Crippen molar-refractivity contribution in [1.29, 1.82) is 0 Å². The van der Waals surface area contributed by atoms with E-state index >= 15 is 0 Å². The Labute approximate surface area is 306 Å². The van der Waals surface area contributed by atoms with Crippen LogP contribution in [0.3, 0.4) is 0 Å². The van der Waals surface area contributed by atoms with Gasteiger partial charge in [-0.1, -0.05) is 91.5 Å². The molecule has 4 fully saturated rings. The molecule has 0 aromatic heterocycles. The van der Waals surface area contributed by atoms with Crippen LogP contribution >= 0.6 is 0 Å². The van der Waals surface area contributed by atoms with Crippen molar-refractivity contribution >= 4 is 3.71 Å². The third-order valence-electron chi connectivity index (χ3n) is 11.6. The Morgan fingerprint density at radius 1 is 0.833 bits per heavy atom. The molecule has 4 saturated carbocycles. The van der Waals surface area contributed by atoms with Crippen molar-refractivity contribution in [1.82, 2.24) is 0 Å². The molecule has 6 aliphatic carbocycles. The Morgan fingerprint density at radius 3 is 1.96 bits per heavy atom. The zero-order valence-corrected chi connectivity index (χ0v) is 33.2. The summed E-state index contributed by atoms with van der Waals surface area (Å²) in [6.45, 7) is 18.1. The quantitative estimate of drug-likeness (QED) is 0.185. The van der Waals surface area contributed by atoms with E-state index in [0.717, 1.165) is 29.7 Å². The van der Waals surface area contributed by atoms with E-state index in [-0.39, 0.29) is 16.6 Å². The van der Waals surface area contributed by atoms with E-state index < -0.39 is 0 Å². The van der Waals surface area contributed by atoms with Gasteiger partial charge in [0, 0.05) is 0 Å². The fourth-order valence-corrected chi connectivity index (χ4v) is 10.1. The van der Waals surface area contributed by atoms with E-state index in [1.807, 2.05) is 3.71 Å². The van der Waals surface area contributed by atoms with Gasteiger partial charge in [-0.2, -0.15) is 35.4 Å². The fraction of sp³-hybridized carbons (Fsp3) is 0.500. The zero-order valence-electron chi connectivity index (χ0n) is 30.7. The SMILES string of the molecule is CC(C)(C)c1[c-]c2c(cc1)-c1ccc(C(C)(C)C)cc1C2.CC1=[C-]C(C)C=C1CC12CC3CC(CC(C3)C1)C2.Fc1ccc([CH]=[Zr+2])cc1. The van der Waals surface area contributed by atoms with Crippen LogP contribution in [0, 0.1) is 47.0 Å². The fourth-order valence-electron chi connectivity index (χ4n) is 9.59. The third-order valence-corrected chi connectivity index (χ3v) is 12.4. The molecule has 0 N–H and O–H groups in total. The first kappa shape index (κ1) is 35.6. The van der Waals surface area contributed by atoms with Crippen LogP contribution in [0.25, 0.3) is 11.1 Å². The van der Waals surface area contributed by atoms with E-state index in [4.69, 9.17) is 0 Å². The average molecular weight is 718 g/mol. The summed E-state index contributed by atoms with van der Waals surface area (Å²) in [5, 5.41) is 0. The number of fused-ring (bicyclic) bond motifs is 3. The van der Waals surface area contributed by atoms with Crippen molar-refractivity contribution in [2.45, 2.75) is 118 Å². The van der Waals surface area contributed by atoms with Gasteiger partial charge in [-0.15, -0.1) is 11.1 Å². The van der Waals surface area contributed by atoms with E-state index in [9.17, 15) is 4.39 Å². The number of benzene rings is 3. The molecule has 0 saturated heterocycles. The van der Waals surface area contributed by atoms with Crippen LogP contribution in [0.1, 0.15) is 128 Å². The molecule has 4 bridgehead atoms. The first-order valence-corrected chi connectivity index (χ1v) is 19.8. The van der Waals surface area contributed by atoms with Crippen molar-refractivity contribution in [3.63, 3.8) is 0 Å². The maximum absolute atomic E-state index is 12.2. The van der Waals surface area contributed by atoms with Gasteiger partial charge < -0.3 is 0 Å². The molecule has 0 heterocycles. The molecular weight excluding hydrogens is 663 g/mol. The summed E-state index contributed by atoms with van der Waals surface area (Å²) in [4.78, 5) is 0. The normalized spacial score (nSPS) is 26.4. The van der Waals surface area contributed by atoms with Gasteiger partial charge in [-0.05, 0) is 90.1 Å². The maximum atomic E-state index is 12.2. The van der Waals surface area contributed by atoms with Crippen LogP contribution in [0.4, 0.5) is 4.39 Å². The van der Waals surface area contributed by atoms with Crippen molar-refractivity contribution in [3.8, 4) is 11.1 Å². The predicted octanol–water partition coefficient (Wildman–Crippen LogP) is 12.1. The van der Waals surface area contributed by atoms with Crippen LogP contribution in [0.15, 0.2) is 71.8 Å². The summed E-state index contributed by atoms with van der Waals surface area (Å²) in [6.07, 6.45) is 17.8. The second-order valence-electron chi connectivity index (χ2n) is 17.9. The van der Waals surface area contributed by atoms with Crippen LogP contribution in [0.5, 0.6) is 0 Å². The Morgan fingerprint density at radius 2 is 1.44 bits per heavy atom. The Kier molecular flexibility index (Phi) is 10.3. The molecule has 3 aromatic rings. The monoisotopic (exact) mass is 716 g/mol. The van der Waals surface area contributed by atoms with Crippen molar-refractivity contribution in [2.75, 3.05) is 0 Å². The molecule has 2 heteroatoms. The molecule has 0 nitrogen and oxygen atoms in total. The number of rotatable bonds is 3. The Hall–Kier alpha value is -2.18. The molecule has 0 amide bonds. The Balaban J connectivity index is 0.000000135. The average Bonchev–Trinajstić information content (AvgIpc) is 3.53. The first-order valence-electron chi connectivity index (χ1n) is 18.4. The molecule has 250 valence electrons. The third kappa shape index (κ3) is 8.06. The molecule has 1 atom stereocenters. The Bertz CT molecular complexity index is 1610. The second kappa shape index (κ2) is 13.9. The number of hydrogen-bond acceptors (Lipinski definition) is 0. The number of hydrogen-bond donors (Lipinski definition) is 0. The van der Waals surface area contributed by atoms with E-state index in [1.165, 1.54) is 81.7 Å². The molecule has 3 aromatic carbocycles. The molecule has 0 spiro atoms. The van der Waals surface area contributed by atoms with Crippen LogP contribution < -0.4 is 0 Å². The minimum atomic E-state index is -0.170. The molecule has 48 heavy (non-hydrogen) atoms. The molecule has 1 unspecified atom stereocenters. The summed E-state index contributed by atoms with van der Waals surface area (Å²) in [5.41, 5.74) is 13.6. The van der Waals surface area contributed by atoms with E-state index in [0.29, 0.717) is 11.3 Å². The van der Waals surface area contributed by atoms with E-state index in [1.54, 1.807) is 56.2 Å². The van der Waals surface area contributed by atoms with Crippen molar-refractivity contribution in [3.05, 3.63) is 118 Å². The number of allylic oxidation sites excluding steroid dienone is 4. The van der Waals surface area contributed by atoms with Crippen molar-refractivity contribution in [2.24, 2.45) is 29.1 Å². The van der Waals surface area contributed by atoms with Crippen LogP contribution in [-0.2, 0) is 41.5 Å². The van der Waals surface area contributed by atoms with Crippen LogP contribution in [0.2, 0.25) is 0 Å². The van der Waals surface area contributed by atoms with Crippen molar-refractivity contribution < 1.29 is 28.6 Å². The predicted molar refractivity (Wildman–Crippen MR) is 197 cm³/mol. The molecule has 9 rings (SSSR count). The van der Waals surface area contributed by atoms with Gasteiger partial charge in [0.1, 0.15) is 0 Å². The molecule has 6 aliphatic rings. The summed E-state index contributed by atoms with van der Waals surface area (Å²) >= 11 is 1.34. The summed E-state index contributed by atoms with van der Waals surface area (Å²) in [5.74, 6) is 3.65. The molecule has 0 aliphatic heterocycles. The summed E-state index contributed by atoms with van der Waals surface area (Å²) in [6, 6.07) is 21.6.